The first-order valence-corrected chi connectivity index (χ1v) is 9.47. The zero-order valence-corrected chi connectivity index (χ0v) is 16.0. The van der Waals surface area contributed by atoms with E-state index in [4.69, 9.17) is 9.47 Å². The van der Waals surface area contributed by atoms with E-state index in [1.807, 2.05) is 60.7 Å². The fourth-order valence-corrected chi connectivity index (χ4v) is 2.78. The van der Waals surface area contributed by atoms with E-state index >= 15 is 0 Å². The molecule has 0 amide bonds. The van der Waals surface area contributed by atoms with Crippen molar-refractivity contribution in [3.63, 3.8) is 0 Å². The number of nitrogens with one attached hydrogen (secondary N) is 1. The van der Waals surface area contributed by atoms with Gasteiger partial charge < -0.3 is 14.8 Å². The molecule has 0 spiro atoms. The molecule has 0 aliphatic rings. The Labute approximate surface area is 162 Å². The molecule has 0 aliphatic carbocycles. The van der Waals surface area contributed by atoms with Gasteiger partial charge in [0.2, 0.25) is 0 Å². The van der Waals surface area contributed by atoms with Crippen LogP contribution in [0, 0.1) is 6.92 Å². The van der Waals surface area contributed by atoms with Crippen molar-refractivity contribution < 1.29 is 9.47 Å². The Morgan fingerprint density at radius 3 is 2.26 bits per heavy atom. The molecule has 0 radical (unpaired) electrons. The molecular weight excluding hydrogens is 334 g/mol. The van der Waals surface area contributed by atoms with Crippen LogP contribution >= 0.6 is 0 Å². The molecule has 0 heterocycles. The van der Waals surface area contributed by atoms with Gasteiger partial charge in [-0.25, -0.2) is 0 Å². The van der Waals surface area contributed by atoms with Crippen LogP contribution in [0.25, 0.3) is 0 Å². The third-order valence-corrected chi connectivity index (χ3v) is 4.48. The van der Waals surface area contributed by atoms with Crippen molar-refractivity contribution >= 4 is 5.69 Å². The summed E-state index contributed by atoms with van der Waals surface area (Å²) >= 11 is 0. The van der Waals surface area contributed by atoms with Crippen LogP contribution in [0.5, 0.6) is 11.5 Å². The van der Waals surface area contributed by atoms with E-state index in [0.717, 1.165) is 35.7 Å². The Balaban J connectivity index is 1.49. The summed E-state index contributed by atoms with van der Waals surface area (Å²) in [5.74, 6) is 1.82. The Bertz CT molecular complexity index is 815. The van der Waals surface area contributed by atoms with E-state index in [0.29, 0.717) is 6.61 Å². The molecule has 1 unspecified atom stereocenters. The molecule has 1 atom stereocenters. The van der Waals surface area contributed by atoms with Crippen LogP contribution in [-0.4, -0.2) is 12.6 Å². The summed E-state index contributed by atoms with van der Waals surface area (Å²) < 4.78 is 12.0. The van der Waals surface area contributed by atoms with Crippen molar-refractivity contribution in [1.29, 1.82) is 0 Å². The molecule has 3 rings (SSSR count). The summed E-state index contributed by atoms with van der Waals surface area (Å²) in [4.78, 5) is 0. The second-order valence-corrected chi connectivity index (χ2v) is 6.59. The van der Waals surface area contributed by atoms with Crippen molar-refractivity contribution in [2.75, 3.05) is 11.9 Å². The maximum Gasteiger partial charge on any atom is 0.122 e. The highest BCUT2D eigenvalue weighted by molar-refractivity contribution is 5.46. The van der Waals surface area contributed by atoms with Crippen LogP contribution in [0.3, 0.4) is 0 Å². The highest BCUT2D eigenvalue weighted by Crippen LogP contribution is 2.20. The third kappa shape index (κ3) is 5.78. The third-order valence-electron chi connectivity index (χ3n) is 4.48. The molecule has 27 heavy (non-hydrogen) atoms. The smallest absolute Gasteiger partial charge is 0.122 e. The number of benzene rings is 3. The zero-order valence-electron chi connectivity index (χ0n) is 16.0. The average molecular weight is 361 g/mol. The normalized spacial score (nSPS) is 11.6. The zero-order chi connectivity index (χ0) is 18.9. The van der Waals surface area contributed by atoms with E-state index in [2.05, 4.69) is 37.4 Å². The van der Waals surface area contributed by atoms with Crippen molar-refractivity contribution in [2.24, 2.45) is 0 Å². The van der Waals surface area contributed by atoms with Crippen molar-refractivity contribution in [2.45, 2.75) is 33.0 Å². The fraction of sp³-hybridized carbons (Fsp3) is 0.250. The van der Waals surface area contributed by atoms with E-state index in [-0.39, 0.29) is 6.10 Å². The molecule has 0 aromatic heterocycles. The van der Waals surface area contributed by atoms with Crippen LogP contribution in [-0.2, 0) is 6.61 Å². The predicted molar refractivity (Wildman–Crippen MR) is 112 cm³/mol. The lowest BCUT2D eigenvalue weighted by atomic mass is 10.2. The molecule has 0 saturated heterocycles. The number of rotatable bonds is 9. The maximum atomic E-state index is 6.14. The number of para-hydroxylation sites is 1. The summed E-state index contributed by atoms with van der Waals surface area (Å²) in [5.41, 5.74) is 3.39. The Morgan fingerprint density at radius 2 is 1.56 bits per heavy atom. The number of aryl methyl sites for hydroxylation is 1. The average Bonchev–Trinajstić information content (AvgIpc) is 2.72. The van der Waals surface area contributed by atoms with Crippen LogP contribution in [0.2, 0.25) is 0 Å². The standard InChI is InChI=1S/C24H27NO2/c1-3-22(27-24-12-8-7-9-19(24)2)17-25-21-13-15-23(16-14-21)26-18-20-10-5-4-6-11-20/h4-16,22,25H,3,17-18H2,1-2H3. The van der Waals surface area contributed by atoms with Gasteiger partial charge in [-0.05, 0) is 54.8 Å². The van der Waals surface area contributed by atoms with Crippen molar-refractivity contribution in [3.8, 4) is 11.5 Å². The van der Waals surface area contributed by atoms with Gasteiger partial charge in [0.25, 0.3) is 0 Å². The number of anilines is 1. The molecule has 0 aliphatic heterocycles. The van der Waals surface area contributed by atoms with E-state index in [9.17, 15) is 0 Å². The minimum absolute atomic E-state index is 0.125. The molecule has 3 aromatic carbocycles. The molecule has 3 nitrogen and oxygen atoms in total. The van der Waals surface area contributed by atoms with Crippen LogP contribution in [0.15, 0.2) is 78.9 Å². The monoisotopic (exact) mass is 361 g/mol. The second kappa shape index (κ2) is 9.67. The maximum absolute atomic E-state index is 6.14. The van der Waals surface area contributed by atoms with Gasteiger partial charge in [0.05, 0.1) is 6.54 Å². The van der Waals surface area contributed by atoms with Crippen molar-refractivity contribution in [1.82, 2.24) is 0 Å². The molecule has 1 N–H and O–H groups in total. The molecular formula is C24H27NO2. The van der Waals surface area contributed by atoms with E-state index in [1.54, 1.807) is 0 Å². The SMILES string of the molecule is CCC(CNc1ccc(OCc2ccccc2)cc1)Oc1ccccc1C. The molecule has 140 valence electrons. The number of hydrogen-bond donors (Lipinski definition) is 1. The Kier molecular flexibility index (Phi) is 6.75. The van der Waals surface area contributed by atoms with E-state index < -0.39 is 0 Å². The van der Waals surface area contributed by atoms with Crippen LogP contribution in [0.1, 0.15) is 24.5 Å². The quantitative estimate of drug-likeness (QED) is 0.519. The lowest BCUT2D eigenvalue weighted by Crippen LogP contribution is -2.25. The highest BCUT2D eigenvalue weighted by Gasteiger charge is 2.09. The van der Waals surface area contributed by atoms with Crippen LogP contribution in [0.4, 0.5) is 5.69 Å². The topological polar surface area (TPSA) is 30.5 Å². The number of hydrogen-bond acceptors (Lipinski definition) is 3. The van der Waals surface area contributed by atoms with Crippen molar-refractivity contribution in [3.05, 3.63) is 90.0 Å². The molecule has 0 saturated carbocycles. The minimum atomic E-state index is 0.125. The van der Waals surface area contributed by atoms with Gasteiger partial charge in [-0.15, -0.1) is 0 Å². The Morgan fingerprint density at radius 1 is 0.852 bits per heavy atom. The highest BCUT2D eigenvalue weighted by atomic mass is 16.5. The molecule has 3 aromatic rings. The largest absolute Gasteiger partial charge is 0.489 e. The van der Waals surface area contributed by atoms with Gasteiger partial charge in [0, 0.05) is 5.69 Å². The fourth-order valence-electron chi connectivity index (χ4n) is 2.78. The first-order chi connectivity index (χ1) is 13.2. The van der Waals surface area contributed by atoms with Gasteiger partial charge in [0.1, 0.15) is 24.2 Å². The van der Waals surface area contributed by atoms with Gasteiger partial charge in [0.15, 0.2) is 0 Å². The lowest BCUT2D eigenvalue weighted by molar-refractivity contribution is 0.208. The minimum Gasteiger partial charge on any atom is -0.489 e. The lowest BCUT2D eigenvalue weighted by Gasteiger charge is -2.20. The van der Waals surface area contributed by atoms with Gasteiger partial charge in [-0.3, -0.25) is 0 Å². The van der Waals surface area contributed by atoms with Gasteiger partial charge in [-0.1, -0.05) is 55.5 Å². The summed E-state index contributed by atoms with van der Waals surface area (Å²) in [5, 5.41) is 3.46. The van der Waals surface area contributed by atoms with Gasteiger partial charge >= 0.3 is 0 Å². The summed E-state index contributed by atoms with van der Waals surface area (Å²) in [6, 6.07) is 26.4. The molecule has 0 fully saturated rings. The summed E-state index contributed by atoms with van der Waals surface area (Å²) in [6.45, 7) is 5.56. The Hall–Kier alpha value is -2.94. The second-order valence-electron chi connectivity index (χ2n) is 6.59. The first-order valence-electron chi connectivity index (χ1n) is 9.47. The van der Waals surface area contributed by atoms with Gasteiger partial charge in [-0.2, -0.15) is 0 Å². The van der Waals surface area contributed by atoms with E-state index in [1.165, 1.54) is 5.56 Å². The predicted octanol–water partition coefficient (Wildman–Crippen LogP) is 5.84. The summed E-state index contributed by atoms with van der Waals surface area (Å²) in [6.07, 6.45) is 1.07. The van der Waals surface area contributed by atoms with Crippen LogP contribution < -0.4 is 14.8 Å². The molecule has 0 bridgehead atoms. The summed E-state index contributed by atoms with van der Waals surface area (Å²) in [7, 11) is 0. The molecule has 3 heteroatoms. The number of ether oxygens (including phenoxy) is 2. The first kappa shape index (κ1) is 18.8.